The molecule has 3 rings (SSSR count). The molecule has 0 saturated carbocycles. The van der Waals surface area contributed by atoms with Crippen molar-refractivity contribution < 1.29 is 9.53 Å². The standard InChI is InChI=1S/C16H16N2O2/c17-10-18-16(19)20-9-15-13-7-3-1-5-11(13)12-6-2-4-8-14(12)15/h1-8,15H,9-10,17H2,(H,18,19). The van der Waals surface area contributed by atoms with Crippen LogP contribution < -0.4 is 11.1 Å². The van der Waals surface area contributed by atoms with Crippen LogP contribution in [0.1, 0.15) is 17.0 Å². The minimum absolute atomic E-state index is 0.0800. The third-order valence-electron chi connectivity index (χ3n) is 3.59. The lowest BCUT2D eigenvalue weighted by atomic mass is 9.98. The lowest BCUT2D eigenvalue weighted by Crippen LogP contribution is -2.31. The van der Waals surface area contributed by atoms with Crippen molar-refractivity contribution in [3.63, 3.8) is 0 Å². The van der Waals surface area contributed by atoms with Crippen LogP contribution in [0.25, 0.3) is 11.1 Å². The van der Waals surface area contributed by atoms with Crippen molar-refractivity contribution in [2.24, 2.45) is 5.73 Å². The van der Waals surface area contributed by atoms with Crippen LogP contribution >= 0.6 is 0 Å². The van der Waals surface area contributed by atoms with Gasteiger partial charge in [0.1, 0.15) is 6.61 Å². The topological polar surface area (TPSA) is 64.3 Å². The number of benzene rings is 2. The first-order chi connectivity index (χ1) is 9.81. The predicted molar refractivity (Wildman–Crippen MR) is 77.3 cm³/mol. The first-order valence-electron chi connectivity index (χ1n) is 6.60. The normalized spacial score (nSPS) is 12.7. The summed E-state index contributed by atoms with van der Waals surface area (Å²) in [6.07, 6.45) is -0.477. The number of nitrogens with two attached hydrogens (primary N) is 1. The zero-order valence-electron chi connectivity index (χ0n) is 11.0. The van der Waals surface area contributed by atoms with E-state index in [9.17, 15) is 4.79 Å². The summed E-state index contributed by atoms with van der Waals surface area (Å²) in [7, 11) is 0. The van der Waals surface area contributed by atoms with Crippen molar-refractivity contribution >= 4 is 6.09 Å². The summed E-state index contributed by atoms with van der Waals surface area (Å²) >= 11 is 0. The average molecular weight is 268 g/mol. The van der Waals surface area contributed by atoms with Crippen LogP contribution in [0.5, 0.6) is 0 Å². The molecule has 2 aromatic rings. The molecule has 0 bridgehead atoms. The predicted octanol–water partition coefficient (Wildman–Crippen LogP) is 2.44. The molecule has 0 radical (unpaired) electrons. The fourth-order valence-corrected chi connectivity index (χ4v) is 2.73. The third kappa shape index (κ3) is 2.14. The fraction of sp³-hybridized carbons (Fsp3) is 0.188. The molecular formula is C16H16N2O2. The highest BCUT2D eigenvalue weighted by atomic mass is 16.5. The number of carbonyl (C=O) groups is 1. The number of amides is 1. The zero-order chi connectivity index (χ0) is 13.9. The maximum Gasteiger partial charge on any atom is 0.408 e. The van der Waals surface area contributed by atoms with Gasteiger partial charge >= 0.3 is 6.09 Å². The first kappa shape index (κ1) is 12.7. The maximum atomic E-state index is 11.4. The van der Waals surface area contributed by atoms with E-state index in [4.69, 9.17) is 10.5 Å². The van der Waals surface area contributed by atoms with Crippen molar-refractivity contribution in [1.82, 2.24) is 5.32 Å². The monoisotopic (exact) mass is 268 g/mol. The van der Waals surface area contributed by atoms with E-state index in [1.807, 2.05) is 24.3 Å². The Bertz CT molecular complexity index is 594. The molecule has 0 fully saturated rings. The van der Waals surface area contributed by atoms with Crippen LogP contribution in [0.4, 0.5) is 4.79 Å². The molecule has 1 aliphatic carbocycles. The van der Waals surface area contributed by atoms with Gasteiger partial charge in [-0.05, 0) is 22.3 Å². The average Bonchev–Trinajstić information content (AvgIpc) is 2.80. The van der Waals surface area contributed by atoms with E-state index in [0.29, 0.717) is 6.61 Å². The van der Waals surface area contributed by atoms with Gasteiger partial charge in [-0.15, -0.1) is 0 Å². The van der Waals surface area contributed by atoms with Gasteiger partial charge in [0.05, 0.1) is 6.67 Å². The van der Waals surface area contributed by atoms with Gasteiger partial charge in [-0.1, -0.05) is 48.5 Å². The summed E-state index contributed by atoms with van der Waals surface area (Å²) in [5.41, 5.74) is 10.1. The molecule has 0 heterocycles. The van der Waals surface area contributed by atoms with E-state index in [0.717, 1.165) is 0 Å². The molecule has 20 heavy (non-hydrogen) atoms. The molecule has 3 N–H and O–H groups in total. The van der Waals surface area contributed by atoms with E-state index in [-0.39, 0.29) is 12.6 Å². The summed E-state index contributed by atoms with van der Waals surface area (Å²) in [5, 5.41) is 2.43. The molecule has 0 unspecified atom stereocenters. The Morgan fingerprint density at radius 3 is 2.15 bits per heavy atom. The lowest BCUT2D eigenvalue weighted by molar-refractivity contribution is 0.143. The molecule has 4 nitrogen and oxygen atoms in total. The van der Waals surface area contributed by atoms with Crippen LogP contribution in [0.15, 0.2) is 48.5 Å². The van der Waals surface area contributed by atoms with Gasteiger partial charge < -0.3 is 15.8 Å². The fourth-order valence-electron chi connectivity index (χ4n) is 2.73. The van der Waals surface area contributed by atoms with Gasteiger partial charge in [-0.3, -0.25) is 0 Å². The Morgan fingerprint density at radius 1 is 1.05 bits per heavy atom. The quantitative estimate of drug-likeness (QED) is 0.840. The molecule has 0 saturated heterocycles. The molecule has 0 aromatic heterocycles. The number of ether oxygens (including phenoxy) is 1. The van der Waals surface area contributed by atoms with Crippen molar-refractivity contribution in [3.05, 3.63) is 59.7 Å². The maximum absolute atomic E-state index is 11.4. The second kappa shape index (κ2) is 5.35. The molecule has 4 heteroatoms. The molecule has 0 atom stereocenters. The second-order valence-electron chi connectivity index (χ2n) is 4.71. The van der Waals surface area contributed by atoms with Crippen molar-refractivity contribution in [3.8, 4) is 11.1 Å². The lowest BCUT2D eigenvalue weighted by Gasteiger charge is -2.14. The van der Waals surface area contributed by atoms with E-state index < -0.39 is 6.09 Å². The Hall–Kier alpha value is -2.33. The van der Waals surface area contributed by atoms with Gasteiger partial charge in [0.15, 0.2) is 0 Å². The molecule has 0 aliphatic heterocycles. The van der Waals surface area contributed by atoms with Crippen molar-refractivity contribution in [1.29, 1.82) is 0 Å². The SMILES string of the molecule is NCNC(=O)OCC1c2ccccc2-c2ccccc21. The van der Waals surface area contributed by atoms with E-state index in [1.165, 1.54) is 22.3 Å². The van der Waals surface area contributed by atoms with Gasteiger partial charge in [0.25, 0.3) is 0 Å². The number of fused-ring (bicyclic) bond motifs is 3. The summed E-state index contributed by atoms with van der Waals surface area (Å²) in [6, 6.07) is 16.5. The molecule has 0 spiro atoms. The van der Waals surface area contributed by atoms with Gasteiger partial charge in [0.2, 0.25) is 0 Å². The minimum atomic E-state index is -0.477. The number of carbonyl (C=O) groups excluding carboxylic acids is 1. The van der Waals surface area contributed by atoms with Crippen LogP contribution in [0, 0.1) is 0 Å². The highest BCUT2D eigenvalue weighted by Gasteiger charge is 2.28. The van der Waals surface area contributed by atoms with Crippen LogP contribution in [0.2, 0.25) is 0 Å². The molecule has 1 aliphatic rings. The van der Waals surface area contributed by atoms with Crippen LogP contribution in [-0.4, -0.2) is 19.4 Å². The second-order valence-corrected chi connectivity index (χ2v) is 4.71. The summed E-state index contributed by atoms with van der Waals surface area (Å²) in [4.78, 5) is 11.4. The minimum Gasteiger partial charge on any atom is -0.449 e. The van der Waals surface area contributed by atoms with Gasteiger partial charge in [-0.2, -0.15) is 0 Å². The molecular weight excluding hydrogens is 252 g/mol. The third-order valence-corrected chi connectivity index (χ3v) is 3.59. The Morgan fingerprint density at radius 2 is 1.60 bits per heavy atom. The zero-order valence-corrected chi connectivity index (χ0v) is 11.0. The van der Waals surface area contributed by atoms with E-state index >= 15 is 0 Å². The van der Waals surface area contributed by atoms with Crippen molar-refractivity contribution in [2.45, 2.75) is 5.92 Å². The molecule has 102 valence electrons. The highest BCUT2D eigenvalue weighted by molar-refractivity contribution is 5.79. The Balaban J connectivity index is 1.89. The Labute approximate surface area is 117 Å². The largest absolute Gasteiger partial charge is 0.449 e. The number of hydrogen-bond acceptors (Lipinski definition) is 3. The van der Waals surface area contributed by atoms with E-state index in [2.05, 4.69) is 29.6 Å². The Kier molecular flexibility index (Phi) is 3.39. The molecule has 2 aromatic carbocycles. The number of nitrogens with one attached hydrogen (secondary N) is 1. The first-order valence-corrected chi connectivity index (χ1v) is 6.60. The van der Waals surface area contributed by atoms with Gasteiger partial charge in [0, 0.05) is 5.92 Å². The highest BCUT2D eigenvalue weighted by Crippen LogP contribution is 2.44. The van der Waals surface area contributed by atoms with E-state index in [1.54, 1.807) is 0 Å². The summed E-state index contributed by atoms with van der Waals surface area (Å²) in [6.45, 7) is 0.399. The molecule has 1 amide bonds. The van der Waals surface area contributed by atoms with Crippen LogP contribution in [0.3, 0.4) is 0 Å². The number of alkyl carbamates (subject to hydrolysis) is 1. The summed E-state index contributed by atoms with van der Waals surface area (Å²) < 4.78 is 5.25. The summed E-state index contributed by atoms with van der Waals surface area (Å²) in [5.74, 6) is 0.0888. The number of hydrogen-bond donors (Lipinski definition) is 2. The van der Waals surface area contributed by atoms with Crippen molar-refractivity contribution in [2.75, 3.05) is 13.3 Å². The van der Waals surface area contributed by atoms with Gasteiger partial charge in [-0.25, -0.2) is 4.79 Å². The van der Waals surface area contributed by atoms with Crippen LogP contribution in [-0.2, 0) is 4.74 Å². The smallest absolute Gasteiger partial charge is 0.408 e. The number of rotatable bonds is 3.